The zero-order valence-electron chi connectivity index (χ0n) is 36.2. The molecule has 0 bridgehead atoms. The van der Waals surface area contributed by atoms with Gasteiger partial charge in [0.15, 0.2) is 17.7 Å². The second-order valence-corrected chi connectivity index (χ2v) is 15.2. The van der Waals surface area contributed by atoms with Crippen molar-refractivity contribution in [3.63, 3.8) is 0 Å². The van der Waals surface area contributed by atoms with Gasteiger partial charge in [-0.15, -0.1) is 0 Å². The van der Waals surface area contributed by atoms with Crippen LogP contribution in [-0.4, -0.2) is 125 Å². The van der Waals surface area contributed by atoms with Gasteiger partial charge in [-0.1, -0.05) is 84.0 Å². The van der Waals surface area contributed by atoms with Gasteiger partial charge in [-0.2, -0.15) is 0 Å². The molecule has 0 saturated heterocycles. The van der Waals surface area contributed by atoms with Crippen LogP contribution in [0.1, 0.15) is 142 Å². The highest BCUT2D eigenvalue weighted by molar-refractivity contribution is 5.96. The van der Waals surface area contributed by atoms with Crippen LogP contribution in [-0.2, 0) is 33.6 Å². The van der Waals surface area contributed by atoms with Gasteiger partial charge in [-0.3, -0.25) is 44.4 Å². The molecule has 0 spiro atoms. The van der Waals surface area contributed by atoms with E-state index in [1.165, 1.54) is 51.4 Å². The number of aliphatic hydroxyl groups is 2. The highest BCUT2D eigenvalue weighted by Crippen LogP contribution is 2.13. The Morgan fingerprint density at radius 2 is 0.852 bits per heavy atom. The van der Waals surface area contributed by atoms with Gasteiger partial charge in [0.2, 0.25) is 29.5 Å². The van der Waals surface area contributed by atoms with Crippen molar-refractivity contribution in [2.45, 2.75) is 172 Å². The van der Waals surface area contributed by atoms with Crippen molar-refractivity contribution < 1.29 is 48.9 Å². The maximum Gasteiger partial charge on any atom is 0.303 e. The van der Waals surface area contributed by atoms with Crippen LogP contribution in [0.5, 0.6) is 0 Å². The Hall–Kier alpha value is -5.05. The summed E-state index contributed by atoms with van der Waals surface area (Å²) in [5, 5.41) is 61.1. The third-order valence-corrected chi connectivity index (χ3v) is 9.85. The van der Waals surface area contributed by atoms with E-state index in [1.807, 2.05) is 0 Å². The van der Waals surface area contributed by atoms with Crippen molar-refractivity contribution in [3.8, 4) is 0 Å². The Balaban J connectivity index is 5.46. The number of nitrogens with two attached hydrogens (primary N) is 2. The molecule has 21 nitrogen and oxygen atoms in total. The number of Topliss-reactive ketones (excluding diaryl/α,β-unsaturated/α-hetero) is 1. The summed E-state index contributed by atoms with van der Waals surface area (Å²) in [6.07, 6.45) is 14.9. The Kier molecular flexibility index (Phi) is 31.8. The molecule has 0 aromatic heterocycles. The number of carbonyl (C=O) groups excluding carboxylic acids is 6. The molecule has 5 atom stereocenters. The predicted molar refractivity (Wildman–Crippen MR) is 230 cm³/mol. The topological polar surface area (TPSA) is 364 Å². The van der Waals surface area contributed by atoms with E-state index in [0.29, 0.717) is 12.8 Å². The summed E-state index contributed by atoms with van der Waals surface area (Å²) in [4.78, 5) is 89.2. The minimum absolute atomic E-state index is 0.0722. The fraction of sp³-hybridized carbons (Fsp3) is 0.775. The standard InChI is InChI=1S/C40H75N11O10/c1-3-4-5-6-7-8-9-10-11-12-13-14-15-20-33(55)47-29(18-16-23-45-39(41)42)35(58)50-32(26-53)38(61)51-31(25-52)37(60)49-30(19-17-24-46-40(43)44)36(59)48-28(27(2)54)21-22-34(56)57/h28-32,52-53H,3-26H2,1-2H3,(H,47,55)(H,48,59)(H,49,60)(H,50,58)(H,51,61)(H,56,57)(H4,41,42,45)(H4,43,44,46)/t28-,29-,30-,31-,32-/m0/s1. The summed E-state index contributed by atoms with van der Waals surface area (Å²) < 4.78 is 0. The lowest BCUT2D eigenvalue weighted by Crippen LogP contribution is -2.60. The fourth-order valence-electron chi connectivity index (χ4n) is 6.29. The summed E-state index contributed by atoms with van der Waals surface area (Å²) in [6.45, 7) is 1.81. The van der Waals surface area contributed by atoms with Gasteiger partial charge in [0.1, 0.15) is 24.2 Å². The van der Waals surface area contributed by atoms with Crippen LogP contribution in [0.2, 0.25) is 0 Å². The Morgan fingerprint density at radius 1 is 0.492 bits per heavy atom. The number of guanidine groups is 2. The van der Waals surface area contributed by atoms with E-state index in [9.17, 15) is 43.8 Å². The zero-order valence-corrected chi connectivity index (χ0v) is 36.2. The number of unbranched alkanes of at least 4 members (excludes halogenated alkanes) is 12. The normalized spacial score (nSPS) is 13.3. The number of aliphatic carboxylic acids is 1. The summed E-state index contributed by atoms with van der Waals surface area (Å²) in [5.74, 6) is -6.49. The number of carbonyl (C=O) groups is 7. The molecular weight excluding hydrogens is 795 g/mol. The number of aliphatic hydroxyl groups excluding tert-OH is 2. The van der Waals surface area contributed by atoms with Gasteiger partial charge in [-0.05, 0) is 45.4 Å². The van der Waals surface area contributed by atoms with E-state index in [0.717, 1.165) is 32.6 Å². The predicted octanol–water partition coefficient (Wildman–Crippen LogP) is -0.143. The minimum atomic E-state index is -1.69. The lowest BCUT2D eigenvalue weighted by Gasteiger charge is -2.26. The molecule has 0 unspecified atom stereocenters. The SMILES string of the molecule is CCCCCCCCCCCCCCCC(=O)N[C@@H](CCCNC(=N)N)C(=O)N[C@@H](CO)C(=O)N[C@@H](CO)C(=O)N[C@@H](CCCNC(=N)N)C(=O)N[C@@H](CCC(=O)O)C(C)=O. The summed E-state index contributed by atoms with van der Waals surface area (Å²) >= 11 is 0. The van der Waals surface area contributed by atoms with Crippen molar-refractivity contribution in [2.75, 3.05) is 26.3 Å². The first kappa shape index (κ1) is 55.9. The van der Waals surface area contributed by atoms with Gasteiger partial charge in [0, 0.05) is 25.9 Å². The zero-order chi connectivity index (χ0) is 46.0. The smallest absolute Gasteiger partial charge is 0.303 e. The van der Waals surface area contributed by atoms with E-state index in [1.54, 1.807) is 0 Å². The molecule has 0 aliphatic rings. The number of hydrogen-bond acceptors (Lipinski definition) is 11. The first-order valence-electron chi connectivity index (χ1n) is 21.7. The quantitative estimate of drug-likeness (QED) is 0.0220. The van der Waals surface area contributed by atoms with Crippen LogP contribution >= 0.6 is 0 Å². The highest BCUT2D eigenvalue weighted by atomic mass is 16.4. The maximum absolute atomic E-state index is 13.4. The number of nitrogens with one attached hydrogen (secondary N) is 9. The first-order valence-corrected chi connectivity index (χ1v) is 21.7. The second kappa shape index (κ2) is 34.6. The second-order valence-electron chi connectivity index (χ2n) is 15.2. The van der Waals surface area contributed by atoms with Crippen molar-refractivity contribution in [1.82, 2.24) is 37.2 Å². The largest absolute Gasteiger partial charge is 0.481 e. The Morgan fingerprint density at radius 3 is 1.23 bits per heavy atom. The highest BCUT2D eigenvalue weighted by Gasteiger charge is 2.32. The number of carboxylic acid groups (broad SMARTS) is 1. The summed E-state index contributed by atoms with van der Waals surface area (Å²) in [6, 6.07) is -6.98. The van der Waals surface area contributed by atoms with Crippen LogP contribution in [0.15, 0.2) is 0 Å². The van der Waals surface area contributed by atoms with E-state index < -0.39 is 85.2 Å². The molecule has 21 heteroatoms. The third-order valence-electron chi connectivity index (χ3n) is 9.85. The number of amides is 5. The minimum Gasteiger partial charge on any atom is -0.481 e. The Labute approximate surface area is 359 Å². The molecule has 0 heterocycles. The summed E-state index contributed by atoms with van der Waals surface area (Å²) in [5.41, 5.74) is 10.6. The van der Waals surface area contributed by atoms with Gasteiger partial charge < -0.3 is 64.0 Å². The lowest BCUT2D eigenvalue weighted by molar-refractivity contribution is -0.138. The average molecular weight is 870 g/mol. The van der Waals surface area contributed by atoms with Crippen LogP contribution in [0, 0.1) is 10.8 Å². The molecule has 0 radical (unpaired) electrons. The van der Waals surface area contributed by atoms with Crippen molar-refractivity contribution in [2.24, 2.45) is 11.5 Å². The van der Waals surface area contributed by atoms with Crippen LogP contribution in [0.4, 0.5) is 0 Å². The van der Waals surface area contributed by atoms with E-state index in [2.05, 4.69) is 44.1 Å². The molecule has 0 aliphatic heterocycles. The molecule has 350 valence electrons. The van der Waals surface area contributed by atoms with Crippen LogP contribution in [0.3, 0.4) is 0 Å². The van der Waals surface area contributed by atoms with Gasteiger partial charge in [-0.25, -0.2) is 0 Å². The molecule has 0 aromatic carbocycles. The molecule has 0 aromatic rings. The van der Waals surface area contributed by atoms with Crippen LogP contribution < -0.4 is 48.7 Å². The molecule has 0 aliphatic carbocycles. The van der Waals surface area contributed by atoms with E-state index in [4.69, 9.17) is 27.4 Å². The van der Waals surface area contributed by atoms with Gasteiger partial charge in [0.05, 0.1) is 19.3 Å². The third kappa shape index (κ3) is 29.0. The monoisotopic (exact) mass is 870 g/mol. The maximum atomic E-state index is 13.4. The van der Waals surface area contributed by atoms with E-state index >= 15 is 0 Å². The lowest BCUT2D eigenvalue weighted by atomic mass is 10.0. The van der Waals surface area contributed by atoms with Gasteiger partial charge >= 0.3 is 5.97 Å². The average Bonchev–Trinajstić information content (AvgIpc) is 3.20. The first-order chi connectivity index (χ1) is 29.1. The molecule has 0 fully saturated rings. The molecule has 5 amide bonds. The summed E-state index contributed by atoms with van der Waals surface area (Å²) in [7, 11) is 0. The van der Waals surface area contributed by atoms with E-state index in [-0.39, 0.29) is 63.0 Å². The number of ketones is 1. The fourth-order valence-corrected chi connectivity index (χ4v) is 6.29. The number of carboxylic acids is 1. The van der Waals surface area contributed by atoms with Gasteiger partial charge in [0.25, 0.3) is 0 Å². The van der Waals surface area contributed by atoms with Crippen molar-refractivity contribution in [1.29, 1.82) is 10.8 Å². The Bertz CT molecular complexity index is 1370. The molecule has 0 saturated carbocycles. The number of hydrogen-bond donors (Lipinski definition) is 14. The molecule has 61 heavy (non-hydrogen) atoms. The van der Waals surface area contributed by atoms with Crippen LogP contribution in [0.25, 0.3) is 0 Å². The molecule has 0 rings (SSSR count). The molecule has 16 N–H and O–H groups in total. The van der Waals surface area contributed by atoms with Crippen molar-refractivity contribution >= 4 is 53.2 Å². The number of rotatable bonds is 37. The molecular formula is C40H75N11O10. The van der Waals surface area contributed by atoms with Crippen molar-refractivity contribution in [3.05, 3.63) is 0 Å².